The number of carbonyl (C=O) groups is 1. The van der Waals surface area contributed by atoms with Crippen molar-refractivity contribution in [3.63, 3.8) is 0 Å². The second kappa shape index (κ2) is 7.23. The molecule has 0 radical (unpaired) electrons. The fourth-order valence-corrected chi connectivity index (χ4v) is 3.06. The van der Waals surface area contributed by atoms with Crippen molar-refractivity contribution in [3.8, 4) is 11.3 Å². The predicted octanol–water partition coefficient (Wildman–Crippen LogP) is 4.77. The van der Waals surface area contributed by atoms with Gasteiger partial charge in [0, 0.05) is 11.8 Å². The summed E-state index contributed by atoms with van der Waals surface area (Å²) in [5.41, 5.74) is 3.58. The average molecular weight is 377 g/mol. The Hall–Kier alpha value is -3.54. The van der Waals surface area contributed by atoms with Gasteiger partial charge in [0.05, 0.1) is 12.1 Å². The molecule has 28 heavy (non-hydrogen) atoms. The number of carbonyl (C=O) groups excluding carboxylic acids is 1. The van der Waals surface area contributed by atoms with Crippen LogP contribution in [0.4, 0.5) is 14.6 Å². The number of fused-ring (bicyclic) bond motifs is 1. The summed E-state index contributed by atoms with van der Waals surface area (Å²) in [7, 11) is 0. The molecule has 0 aliphatic rings. The summed E-state index contributed by atoms with van der Waals surface area (Å²) in [4.78, 5) is 17.0. The van der Waals surface area contributed by atoms with E-state index in [0.717, 1.165) is 11.1 Å². The molecule has 4 rings (SSSR count). The van der Waals surface area contributed by atoms with E-state index >= 15 is 0 Å². The minimum atomic E-state index is -0.439. The topological polar surface area (TPSA) is 46.4 Å². The molecule has 0 bridgehead atoms. The van der Waals surface area contributed by atoms with Gasteiger partial charge in [-0.2, -0.15) is 0 Å². The fraction of sp³-hybridized carbons (Fsp3) is 0.0909. The lowest BCUT2D eigenvalue weighted by atomic mass is 10.1. The lowest BCUT2D eigenvalue weighted by molar-refractivity contribution is -0.115. The molecule has 0 fully saturated rings. The standard InChI is InChI=1S/C22H17F2N3O/c1-14-2-4-15(5-3-14)12-20(28)26-22-21(16-6-8-17(23)9-7-16)27-13-18(24)10-11-19(27)25-22/h2-11,13H,12H2,1H3,(H,26,28). The number of hydrogen-bond acceptors (Lipinski definition) is 2. The van der Waals surface area contributed by atoms with Gasteiger partial charge in [-0.05, 0) is 48.9 Å². The van der Waals surface area contributed by atoms with Crippen molar-refractivity contribution in [2.24, 2.45) is 0 Å². The van der Waals surface area contributed by atoms with E-state index in [1.54, 1.807) is 16.5 Å². The van der Waals surface area contributed by atoms with Gasteiger partial charge < -0.3 is 5.32 Å². The van der Waals surface area contributed by atoms with Gasteiger partial charge in [-0.15, -0.1) is 0 Å². The highest BCUT2D eigenvalue weighted by Crippen LogP contribution is 2.29. The molecule has 2 aromatic carbocycles. The molecule has 0 aliphatic carbocycles. The van der Waals surface area contributed by atoms with Crippen LogP contribution in [0.5, 0.6) is 0 Å². The maximum Gasteiger partial charge on any atom is 0.230 e. The molecule has 6 heteroatoms. The van der Waals surface area contributed by atoms with Crippen LogP contribution in [-0.4, -0.2) is 15.3 Å². The third-order valence-corrected chi connectivity index (χ3v) is 4.44. The van der Waals surface area contributed by atoms with Crippen LogP contribution in [0.1, 0.15) is 11.1 Å². The molecule has 0 aliphatic heterocycles. The number of imidazole rings is 1. The molecule has 2 aromatic heterocycles. The zero-order valence-corrected chi connectivity index (χ0v) is 15.1. The first kappa shape index (κ1) is 17.9. The number of aromatic nitrogens is 2. The first-order valence-electron chi connectivity index (χ1n) is 8.78. The van der Waals surface area contributed by atoms with E-state index in [1.807, 2.05) is 31.2 Å². The van der Waals surface area contributed by atoms with Gasteiger partial charge in [-0.1, -0.05) is 29.8 Å². The van der Waals surface area contributed by atoms with E-state index in [1.165, 1.54) is 30.5 Å². The average Bonchev–Trinajstić information content (AvgIpc) is 3.01. The van der Waals surface area contributed by atoms with Crippen molar-refractivity contribution >= 4 is 17.4 Å². The molecule has 4 aromatic rings. The van der Waals surface area contributed by atoms with Crippen molar-refractivity contribution in [2.45, 2.75) is 13.3 Å². The van der Waals surface area contributed by atoms with Gasteiger partial charge in [0.2, 0.25) is 5.91 Å². The molecule has 0 unspecified atom stereocenters. The Kier molecular flexibility index (Phi) is 4.61. The normalized spacial score (nSPS) is 11.0. The van der Waals surface area contributed by atoms with Crippen LogP contribution >= 0.6 is 0 Å². The molecule has 2 heterocycles. The largest absolute Gasteiger partial charge is 0.309 e. The SMILES string of the molecule is Cc1ccc(CC(=O)Nc2nc3ccc(F)cn3c2-c2ccc(F)cc2)cc1. The Bertz CT molecular complexity index is 1150. The number of rotatable bonds is 4. The molecule has 0 spiro atoms. The highest BCUT2D eigenvalue weighted by atomic mass is 19.1. The molecule has 140 valence electrons. The number of pyridine rings is 1. The van der Waals surface area contributed by atoms with Crippen molar-refractivity contribution in [3.05, 3.63) is 89.6 Å². The molecule has 1 N–H and O–H groups in total. The third kappa shape index (κ3) is 3.62. The molecular formula is C22H17F2N3O. The van der Waals surface area contributed by atoms with Gasteiger partial charge in [0.15, 0.2) is 5.82 Å². The first-order valence-corrected chi connectivity index (χ1v) is 8.78. The number of amides is 1. The van der Waals surface area contributed by atoms with Crippen LogP contribution in [0.15, 0.2) is 66.9 Å². The number of halogens is 2. The highest BCUT2D eigenvalue weighted by molar-refractivity contribution is 5.95. The Balaban J connectivity index is 1.71. The summed E-state index contributed by atoms with van der Waals surface area (Å²) >= 11 is 0. The number of nitrogens with zero attached hydrogens (tertiary/aromatic N) is 2. The number of hydrogen-bond donors (Lipinski definition) is 1. The van der Waals surface area contributed by atoms with Gasteiger partial charge in [-0.3, -0.25) is 9.20 Å². The predicted molar refractivity (Wildman–Crippen MR) is 104 cm³/mol. The minimum Gasteiger partial charge on any atom is -0.309 e. The van der Waals surface area contributed by atoms with Crippen LogP contribution in [0, 0.1) is 18.6 Å². The molecular weight excluding hydrogens is 360 g/mol. The van der Waals surface area contributed by atoms with E-state index in [0.29, 0.717) is 22.7 Å². The van der Waals surface area contributed by atoms with Gasteiger partial charge in [0.1, 0.15) is 17.3 Å². The van der Waals surface area contributed by atoms with E-state index < -0.39 is 5.82 Å². The number of aryl methyl sites for hydroxylation is 1. The zero-order valence-electron chi connectivity index (χ0n) is 15.1. The maximum absolute atomic E-state index is 13.8. The number of nitrogens with one attached hydrogen (secondary N) is 1. The second-order valence-corrected chi connectivity index (χ2v) is 6.60. The van der Waals surface area contributed by atoms with Crippen LogP contribution in [0.25, 0.3) is 16.9 Å². The molecule has 0 saturated heterocycles. The monoisotopic (exact) mass is 377 g/mol. The van der Waals surface area contributed by atoms with E-state index in [-0.39, 0.29) is 18.1 Å². The minimum absolute atomic E-state index is 0.186. The smallest absolute Gasteiger partial charge is 0.230 e. The molecule has 4 nitrogen and oxygen atoms in total. The summed E-state index contributed by atoms with van der Waals surface area (Å²) in [5.74, 6) is -0.759. The van der Waals surface area contributed by atoms with Crippen LogP contribution < -0.4 is 5.32 Å². The van der Waals surface area contributed by atoms with Gasteiger partial charge >= 0.3 is 0 Å². The van der Waals surface area contributed by atoms with Crippen molar-refractivity contribution < 1.29 is 13.6 Å². The summed E-state index contributed by atoms with van der Waals surface area (Å²) < 4.78 is 28.7. The summed E-state index contributed by atoms with van der Waals surface area (Å²) in [6.07, 6.45) is 1.47. The van der Waals surface area contributed by atoms with E-state index in [9.17, 15) is 13.6 Å². The lowest BCUT2D eigenvalue weighted by Crippen LogP contribution is -2.15. The number of anilines is 1. The van der Waals surface area contributed by atoms with Crippen LogP contribution in [0.2, 0.25) is 0 Å². The Labute approximate surface area is 160 Å². The summed E-state index contributed by atoms with van der Waals surface area (Å²) in [5, 5.41) is 2.81. The maximum atomic E-state index is 13.8. The van der Waals surface area contributed by atoms with Gasteiger partial charge in [0.25, 0.3) is 0 Å². The first-order chi connectivity index (χ1) is 13.5. The van der Waals surface area contributed by atoms with E-state index in [4.69, 9.17) is 0 Å². The van der Waals surface area contributed by atoms with Gasteiger partial charge in [-0.25, -0.2) is 13.8 Å². The Morgan fingerprint density at radius 3 is 2.36 bits per heavy atom. The van der Waals surface area contributed by atoms with Crippen LogP contribution in [0.3, 0.4) is 0 Å². The zero-order chi connectivity index (χ0) is 19.7. The Morgan fingerprint density at radius 1 is 0.964 bits per heavy atom. The summed E-state index contributed by atoms with van der Waals surface area (Å²) in [6.45, 7) is 1.98. The number of benzene rings is 2. The quantitative estimate of drug-likeness (QED) is 0.557. The van der Waals surface area contributed by atoms with Crippen molar-refractivity contribution in [2.75, 3.05) is 5.32 Å². The Morgan fingerprint density at radius 2 is 1.64 bits per heavy atom. The third-order valence-electron chi connectivity index (χ3n) is 4.44. The van der Waals surface area contributed by atoms with Crippen LogP contribution in [-0.2, 0) is 11.2 Å². The summed E-state index contributed by atoms with van der Waals surface area (Å²) in [6, 6.07) is 16.3. The fourth-order valence-electron chi connectivity index (χ4n) is 3.06. The van der Waals surface area contributed by atoms with Crippen molar-refractivity contribution in [1.82, 2.24) is 9.38 Å². The molecule has 1 amide bonds. The molecule has 0 atom stereocenters. The second-order valence-electron chi connectivity index (χ2n) is 6.60. The lowest BCUT2D eigenvalue weighted by Gasteiger charge is -2.08. The highest BCUT2D eigenvalue weighted by Gasteiger charge is 2.17. The molecule has 0 saturated carbocycles. The van der Waals surface area contributed by atoms with Crippen molar-refractivity contribution in [1.29, 1.82) is 0 Å². The van der Waals surface area contributed by atoms with E-state index in [2.05, 4.69) is 10.3 Å².